The van der Waals surface area contributed by atoms with Crippen LogP contribution in [-0.4, -0.2) is 6.54 Å². The van der Waals surface area contributed by atoms with E-state index in [4.69, 9.17) is 0 Å². The summed E-state index contributed by atoms with van der Waals surface area (Å²) in [5, 5.41) is 0. The van der Waals surface area contributed by atoms with Gasteiger partial charge in [-0.1, -0.05) is 12.2 Å². The van der Waals surface area contributed by atoms with Crippen LogP contribution in [0, 0.1) is 48.9 Å². The minimum atomic E-state index is -2.09. The molecule has 2 rings (SSSR count). The molecule has 1 fully saturated rings. The molecule has 0 aromatic heterocycles. The molecule has 15 heavy (non-hydrogen) atoms. The van der Waals surface area contributed by atoms with Crippen molar-refractivity contribution in [2.45, 2.75) is 25.7 Å². The molecule has 2 bridgehead atoms. The molecule has 5 heteroatoms. The molecule has 1 N–H and O–H groups in total. The second-order valence-corrected chi connectivity index (χ2v) is 5.10. The summed E-state index contributed by atoms with van der Waals surface area (Å²) in [6.07, 6.45) is 9.43. The molecule has 3 unspecified atom stereocenters. The van der Waals surface area contributed by atoms with Gasteiger partial charge in [0.1, 0.15) is 0 Å². The summed E-state index contributed by atoms with van der Waals surface area (Å²) < 4.78 is 23.0. The third kappa shape index (κ3) is 3.89. The van der Waals surface area contributed by atoms with Crippen LogP contribution in [0.3, 0.4) is 0 Å². The Hall–Kier alpha value is 0.702. The van der Waals surface area contributed by atoms with Crippen LogP contribution in [0.2, 0.25) is 0 Å². The number of fused-ring (bicyclic) bond motifs is 2. The third-order valence-corrected chi connectivity index (χ3v) is 3.87. The van der Waals surface area contributed by atoms with Crippen LogP contribution in [0.15, 0.2) is 12.2 Å². The van der Waals surface area contributed by atoms with E-state index in [1.165, 1.54) is 19.3 Å². The van der Waals surface area contributed by atoms with Crippen LogP contribution in [0.1, 0.15) is 25.7 Å². The van der Waals surface area contributed by atoms with Gasteiger partial charge in [0.25, 0.3) is 0 Å². The van der Waals surface area contributed by atoms with Crippen molar-refractivity contribution in [3.63, 3.8) is 0 Å². The average molecular weight is 452 g/mol. The van der Waals surface area contributed by atoms with Gasteiger partial charge < -0.3 is 13.1 Å². The zero-order valence-electron chi connectivity index (χ0n) is 8.65. The quantitative estimate of drug-likeness (QED) is 0.523. The van der Waals surface area contributed by atoms with E-state index in [1.807, 2.05) is 0 Å². The smallest absolute Gasteiger partial charge is 0 e. The molecule has 0 radical (unpaired) electrons. The van der Waals surface area contributed by atoms with Crippen molar-refractivity contribution in [1.29, 1.82) is 0 Å². The molecule has 84 valence electrons. The molecule has 3 atom stereocenters. The number of nitrogens with one attached hydrogen (secondary N) is 1. The Balaban J connectivity index is 0.00000112. The summed E-state index contributed by atoms with van der Waals surface area (Å²) in [6, 6.07) is 0. The second kappa shape index (κ2) is 6.44. The first-order chi connectivity index (χ1) is 6.75. The molecule has 2 aliphatic rings. The summed E-state index contributed by atoms with van der Waals surface area (Å²) in [6.45, 7) is 0.595. The maximum absolute atomic E-state index is 10.3. The number of allylic oxidation sites excluding steroid dienone is 2. The van der Waals surface area contributed by atoms with Crippen molar-refractivity contribution in [2.75, 3.05) is 6.54 Å². The molecule has 0 saturated heterocycles. The van der Waals surface area contributed by atoms with Gasteiger partial charge in [-0.25, -0.2) is 0 Å². The fraction of sp³-hybridized carbons (Fsp3) is 0.800. The molecule has 0 aromatic carbocycles. The van der Waals surface area contributed by atoms with Gasteiger partial charge in [0.15, 0.2) is 0 Å². The molecule has 0 amide bonds. The molecular formula is C10H16NO2SU-. The van der Waals surface area contributed by atoms with Gasteiger partial charge in [-0.05, 0) is 60.9 Å². The van der Waals surface area contributed by atoms with Crippen LogP contribution in [-0.2, 0) is 19.3 Å². The van der Waals surface area contributed by atoms with Gasteiger partial charge in [-0.15, -0.1) is 0 Å². The van der Waals surface area contributed by atoms with Crippen molar-refractivity contribution < 1.29 is 39.5 Å². The van der Waals surface area contributed by atoms with Crippen molar-refractivity contribution in [3.05, 3.63) is 12.2 Å². The van der Waals surface area contributed by atoms with Crippen LogP contribution < -0.4 is 4.72 Å². The fourth-order valence-corrected chi connectivity index (χ4v) is 3.09. The van der Waals surface area contributed by atoms with Crippen molar-refractivity contribution in [3.8, 4) is 0 Å². The van der Waals surface area contributed by atoms with Crippen molar-refractivity contribution in [2.24, 2.45) is 17.8 Å². The minimum Gasteiger partial charge on any atom is -0.409 e. The Morgan fingerprint density at radius 3 is 2.80 bits per heavy atom. The van der Waals surface area contributed by atoms with E-state index in [0.717, 1.165) is 18.3 Å². The predicted octanol–water partition coefficient (Wildman–Crippen LogP) is 1.79. The molecule has 0 aromatic rings. The largest absolute Gasteiger partial charge is 0.409 e. The number of hydrogen-bond donors (Lipinski definition) is 1. The maximum atomic E-state index is 10.3. The van der Waals surface area contributed by atoms with Gasteiger partial charge in [0.05, 0.1) is 0 Å². The summed E-state index contributed by atoms with van der Waals surface area (Å²) in [5.74, 6) is 2.29. The predicted molar refractivity (Wildman–Crippen MR) is 54.8 cm³/mol. The third-order valence-electron chi connectivity index (χ3n) is 3.43. The molecule has 0 spiro atoms. The van der Waals surface area contributed by atoms with E-state index in [0.29, 0.717) is 12.5 Å². The van der Waals surface area contributed by atoms with Crippen LogP contribution in [0.5, 0.6) is 0 Å². The summed E-state index contributed by atoms with van der Waals surface area (Å²) in [7, 11) is -2.09. The van der Waals surface area contributed by atoms with Crippen molar-refractivity contribution in [1.82, 2.24) is 4.72 Å². The van der Waals surface area contributed by atoms with Gasteiger partial charge >= 0.3 is 0 Å². The van der Waals surface area contributed by atoms with E-state index in [-0.39, 0.29) is 31.1 Å². The Kier molecular flexibility index (Phi) is 5.91. The van der Waals surface area contributed by atoms with Gasteiger partial charge in [-0.2, -0.15) is 0 Å². The molecular weight excluding hydrogens is 436 g/mol. The zero-order valence-corrected chi connectivity index (χ0v) is 13.6. The normalized spacial score (nSPS) is 33.0. The van der Waals surface area contributed by atoms with E-state index in [2.05, 4.69) is 16.9 Å². The first kappa shape index (κ1) is 13.8. The first-order valence-electron chi connectivity index (χ1n) is 5.25. The van der Waals surface area contributed by atoms with E-state index in [1.54, 1.807) is 0 Å². The van der Waals surface area contributed by atoms with E-state index >= 15 is 0 Å². The zero-order chi connectivity index (χ0) is 9.97. The SMILES string of the molecule is O=[S-](=O)NCCC1CC2CC=CC1C2.[U]. The first-order valence-corrected chi connectivity index (χ1v) is 6.32. The Labute approximate surface area is 117 Å². The Bertz CT molecular complexity index is 296. The van der Waals surface area contributed by atoms with Crippen LogP contribution in [0.4, 0.5) is 0 Å². The van der Waals surface area contributed by atoms with Crippen LogP contribution >= 0.6 is 0 Å². The Morgan fingerprint density at radius 2 is 2.13 bits per heavy atom. The van der Waals surface area contributed by atoms with Crippen molar-refractivity contribution >= 4 is 10.9 Å². The molecule has 2 aliphatic carbocycles. The van der Waals surface area contributed by atoms with Gasteiger partial charge in [0, 0.05) is 31.1 Å². The van der Waals surface area contributed by atoms with Crippen LogP contribution in [0.25, 0.3) is 0 Å². The summed E-state index contributed by atoms with van der Waals surface area (Å²) in [5.41, 5.74) is 0. The molecule has 0 aliphatic heterocycles. The topological polar surface area (TPSA) is 46.2 Å². The minimum absolute atomic E-state index is 0. The molecule has 1 saturated carbocycles. The van der Waals surface area contributed by atoms with E-state index in [9.17, 15) is 8.42 Å². The van der Waals surface area contributed by atoms with Gasteiger partial charge in [-0.3, -0.25) is 0 Å². The molecule has 0 heterocycles. The molecule has 3 nitrogen and oxygen atoms in total. The van der Waals surface area contributed by atoms with Gasteiger partial charge in [0.2, 0.25) is 0 Å². The number of rotatable bonds is 4. The van der Waals surface area contributed by atoms with E-state index < -0.39 is 10.9 Å². The monoisotopic (exact) mass is 452 g/mol. The fourth-order valence-electron chi connectivity index (χ4n) is 2.81. The second-order valence-electron chi connectivity index (χ2n) is 4.34. The summed E-state index contributed by atoms with van der Waals surface area (Å²) in [4.78, 5) is 0. The Morgan fingerprint density at radius 1 is 1.33 bits per heavy atom. The average Bonchev–Trinajstić information content (AvgIpc) is 2.41. The maximum Gasteiger partial charge on any atom is 0 e. The summed E-state index contributed by atoms with van der Waals surface area (Å²) >= 11 is 0. The standard InChI is InChI=1S/C10H16NO2S.U/c12-14(13)11-5-4-10-7-8-2-1-3-9(10)6-8;/h1,3,8-10H,2,4-7H2,(H,11,12,13);/q-1;. The number of hydrogen-bond acceptors (Lipinski definition) is 3.